The van der Waals surface area contributed by atoms with Gasteiger partial charge in [-0.15, -0.1) is 0 Å². The molecular weight excluding hydrogens is 348 g/mol. The molecule has 0 fully saturated rings. The van der Waals surface area contributed by atoms with Crippen molar-refractivity contribution in [1.82, 2.24) is 9.47 Å². The highest BCUT2D eigenvalue weighted by Gasteiger charge is 2.19. The number of pyridine rings is 1. The number of aryl methyl sites for hydroxylation is 2. The molecule has 2 aromatic carbocycles. The lowest BCUT2D eigenvalue weighted by Crippen LogP contribution is -2.35. The summed E-state index contributed by atoms with van der Waals surface area (Å²) < 4.78 is 1.85. The smallest absolute Gasteiger partial charge is 0.259 e. The van der Waals surface area contributed by atoms with Crippen LogP contribution < -0.4 is 5.43 Å². The van der Waals surface area contributed by atoms with Crippen molar-refractivity contribution in [3.63, 3.8) is 0 Å². The van der Waals surface area contributed by atoms with Crippen molar-refractivity contribution in [2.75, 3.05) is 13.1 Å². The highest BCUT2D eigenvalue weighted by Crippen LogP contribution is 2.14. The van der Waals surface area contributed by atoms with E-state index in [1.807, 2.05) is 86.1 Å². The van der Waals surface area contributed by atoms with E-state index >= 15 is 0 Å². The van der Waals surface area contributed by atoms with E-state index in [0.717, 1.165) is 23.1 Å². The quantitative estimate of drug-likeness (QED) is 0.641. The van der Waals surface area contributed by atoms with Crippen LogP contribution in [0.1, 0.15) is 34.8 Å². The van der Waals surface area contributed by atoms with Gasteiger partial charge in [-0.05, 0) is 31.0 Å². The first-order valence-electron chi connectivity index (χ1n) is 9.62. The van der Waals surface area contributed by atoms with Crippen LogP contribution in [0, 0.1) is 6.92 Å². The summed E-state index contributed by atoms with van der Waals surface area (Å²) in [6, 6.07) is 15.7. The van der Waals surface area contributed by atoms with E-state index in [-0.39, 0.29) is 16.9 Å². The Morgan fingerprint density at radius 2 is 1.89 bits per heavy atom. The molecule has 0 saturated carbocycles. The standard InChI is InChI=1S/C24H26N2O2/c1-4-14-26(15-8-11-19-9-6-5-7-10-19)24(28)21-17-25(3)22-13-12-18(2)16-20(22)23(21)27/h5-13,16-17H,4,14-15H2,1-3H3/b11-8+. The second-order valence-electron chi connectivity index (χ2n) is 7.07. The summed E-state index contributed by atoms with van der Waals surface area (Å²) in [4.78, 5) is 27.9. The van der Waals surface area contributed by atoms with E-state index in [9.17, 15) is 9.59 Å². The summed E-state index contributed by atoms with van der Waals surface area (Å²) in [5, 5.41) is 0.588. The van der Waals surface area contributed by atoms with E-state index in [1.165, 1.54) is 0 Å². The van der Waals surface area contributed by atoms with Crippen LogP contribution in [0.3, 0.4) is 0 Å². The monoisotopic (exact) mass is 374 g/mol. The summed E-state index contributed by atoms with van der Waals surface area (Å²) in [6.45, 7) is 5.05. The van der Waals surface area contributed by atoms with Crippen LogP contribution in [0.25, 0.3) is 17.0 Å². The molecule has 4 heteroatoms. The number of hydrogen-bond acceptors (Lipinski definition) is 2. The number of fused-ring (bicyclic) bond motifs is 1. The molecule has 0 aliphatic heterocycles. The Morgan fingerprint density at radius 1 is 1.14 bits per heavy atom. The highest BCUT2D eigenvalue weighted by molar-refractivity contribution is 5.97. The molecule has 0 aliphatic rings. The predicted molar refractivity (Wildman–Crippen MR) is 116 cm³/mol. The molecule has 28 heavy (non-hydrogen) atoms. The zero-order chi connectivity index (χ0) is 20.1. The van der Waals surface area contributed by atoms with E-state index in [1.54, 1.807) is 11.1 Å². The van der Waals surface area contributed by atoms with Gasteiger partial charge < -0.3 is 9.47 Å². The van der Waals surface area contributed by atoms with E-state index in [0.29, 0.717) is 18.5 Å². The molecule has 0 atom stereocenters. The Hall–Kier alpha value is -3.14. The van der Waals surface area contributed by atoms with Crippen LogP contribution >= 0.6 is 0 Å². The molecule has 3 rings (SSSR count). The maximum Gasteiger partial charge on any atom is 0.259 e. The largest absolute Gasteiger partial charge is 0.350 e. The summed E-state index contributed by atoms with van der Waals surface area (Å²) >= 11 is 0. The van der Waals surface area contributed by atoms with Gasteiger partial charge in [0.05, 0.1) is 5.52 Å². The number of hydrogen-bond donors (Lipinski definition) is 0. The fourth-order valence-electron chi connectivity index (χ4n) is 3.35. The van der Waals surface area contributed by atoms with Gasteiger partial charge in [0, 0.05) is 31.7 Å². The van der Waals surface area contributed by atoms with Crippen LogP contribution in [0.2, 0.25) is 0 Å². The summed E-state index contributed by atoms with van der Waals surface area (Å²) in [7, 11) is 1.87. The third-order valence-electron chi connectivity index (χ3n) is 4.79. The Balaban J connectivity index is 1.92. The lowest BCUT2D eigenvalue weighted by atomic mass is 10.1. The normalized spacial score (nSPS) is 11.2. The van der Waals surface area contributed by atoms with E-state index in [2.05, 4.69) is 0 Å². The lowest BCUT2D eigenvalue weighted by Gasteiger charge is -2.21. The minimum atomic E-state index is -0.219. The molecule has 0 aliphatic carbocycles. The average molecular weight is 374 g/mol. The highest BCUT2D eigenvalue weighted by atomic mass is 16.2. The SMILES string of the molecule is CCCN(C/C=C/c1ccccc1)C(=O)c1cn(C)c2ccc(C)cc2c1=O. The second-order valence-corrected chi connectivity index (χ2v) is 7.07. The molecule has 0 N–H and O–H groups in total. The van der Waals surface area contributed by atoms with Gasteiger partial charge in [-0.25, -0.2) is 0 Å². The molecule has 0 spiro atoms. The summed E-state index contributed by atoms with van der Waals surface area (Å²) in [5.74, 6) is -0.219. The maximum atomic E-state index is 13.2. The van der Waals surface area contributed by atoms with Crippen LogP contribution in [0.4, 0.5) is 0 Å². The molecule has 144 valence electrons. The van der Waals surface area contributed by atoms with Crippen LogP contribution in [-0.4, -0.2) is 28.5 Å². The van der Waals surface area contributed by atoms with Crippen molar-refractivity contribution in [1.29, 1.82) is 0 Å². The third-order valence-corrected chi connectivity index (χ3v) is 4.79. The fourth-order valence-corrected chi connectivity index (χ4v) is 3.35. The van der Waals surface area contributed by atoms with E-state index in [4.69, 9.17) is 0 Å². The van der Waals surface area contributed by atoms with Crippen molar-refractivity contribution in [3.05, 3.63) is 87.7 Å². The molecule has 0 radical (unpaired) electrons. The van der Waals surface area contributed by atoms with Gasteiger partial charge in [0.15, 0.2) is 0 Å². The Morgan fingerprint density at radius 3 is 2.61 bits per heavy atom. The van der Waals surface area contributed by atoms with Crippen LogP contribution in [0.5, 0.6) is 0 Å². The molecular formula is C24H26N2O2. The molecule has 0 bridgehead atoms. The minimum absolute atomic E-state index is 0.199. The number of amides is 1. The topological polar surface area (TPSA) is 42.3 Å². The Bertz CT molecular complexity index is 1070. The molecule has 3 aromatic rings. The summed E-state index contributed by atoms with van der Waals surface area (Å²) in [6.07, 6.45) is 6.46. The fraction of sp³-hybridized carbons (Fsp3) is 0.250. The minimum Gasteiger partial charge on any atom is -0.350 e. The van der Waals surface area contributed by atoms with Crippen molar-refractivity contribution in [2.24, 2.45) is 7.05 Å². The number of rotatable bonds is 6. The first-order chi connectivity index (χ1) is 13.5. The van der Waals surface area contributed by atoms with Crippen molar-refractivity contribution < 1.29 is 4.79 Å². The Labute approximate surface area is 165 Å². The van der Waals surface area contributed by atoms with Gasteiger partial charge in [-0.1, -0.05) is 61.0 Å². The van der Waals surface area contributed by atoms with Crippen molar-refractivity contribution >= 4 is 22.9 Å². The summed E-state index contributed by atoms with van der Waals surface area (Å²) in [5.41, 5.74) is 2.95. The van der Waals surface area contributed by atoms with Gasteiger partial charge in [-0.3, -0.25) is 9.59 Å². The lowest BCUT2D eigenvalue weighted by molar-refractivity contribution is 0.0772. The van der Waals surface area contributed by atoms with Gasteiger partial charge in [0.1, 0.15) is 5.56 Å². The molecule has 1 heterocycles. The molecule has 0 saturated heterocycles. The number of nitrogens with zero attached hydrogens (tertiary/aromatic N) is 2. The number of benzene rings is 2. The van der Waals surface area contributed by atoms with Crippen molar-refractivity contribution in [2.45, 2.75) is 20.3 Å². The molecule has 0 unspecified atom stereocenters. The second kappa shape index (κ2) is 8.70. The van der Waals surface area contributed by atoms with Gasteiger partial charge in [0.2, 0.25) is 5.43 Å². The zero-order valence-electron chi connectivity index (χ0n) is 16.7. The van der Waals surface area contributed by atoms with Gasteiger partial charge in [-0.2, -0.15) is 0 Å². The van der Waals surface area contributed by atoms with Gasteiger partial charge >= 0.3 is 0 Å². The number of carbonyl (C=O) groups is 1. The average Bonchev–Trinajstić information content (AvgIpc) is 2.70. The maximum absolute atomic E-state index is 13.2. The first-order valence-corrected chi connectivity index (χ1v) is 9.62. The molecule has 1 aromatic heterocycles. The number of aromatic nitrogens is 1. The Kier molecular flexibility index (Phi) is 6.09. The van der Waals surface area contributed by atoms with E-state index < -0.39 is 0 Å². The molecule has 4 nitrogen and oxygen atoms in total. The van der Waals surface area contributed by atoms with Crippen LogP contribution in [-0.2, 0) is 7.05 Å². The zero-order valence-corrected chi connectivity index (χ0v) is 16.7. The first kappa shape index (κ1) is 19.6. The van der Waals surface area contributed by atoms with Crippen molar-refractivity contribution in [3.8, 4) is 0 Å². The van der Waals surface area contributed by atoms with Gasteiger partial charge in [0.25, 0.3) is 5.91 Å². The van der Waals surface area contributed by atoms with Crippen LogP contribution in [0.15, 0.2) is 65.6 Å². The predicted octanol–water partition coefficient (Wildman–Crippen LogP) is 4.41. The number of carbonyl (C=O) groups excluding carboxylic acids is 1. The molecule has 1 amide bonds. The third kappa shape index (κ3) is 4.22.